The number of para-hydroxylation sites is 2. The van der Waals surface area contributed by atoms with Gasteiger partial charge >= 0.3 is 6.92 Å². The molecule has 0 radical (unpaired) electrons. The molecule has 0 N–H and O–H groups in total. The predicted molar refractivity (Wildman–Crippen MR) is 228 cm³/mol. The van der Waals surface area contributed by atoms with Crippen molar-refractivity contribution in [2.45, 2.75) is 41.5 Å². The first-order valence-corrected chi connectivity index (χ1v) is 18.9. The summed E-state index contributed by atoms with van der Waals surface area (Å²) in [4.78, 5) is 2.47. The van der Waals surface area contributed by atoms with Crippen LogP contribution in [0.3, 0.4) is 0 Å². The van der Waals surface area contributed by atoms with Crippen molar-refractivity contribution < 1.29 is 4.65 Å². The summed E-state index contributed by atoms with van der Waals surface area (Å²) in [5.41, 5.74) is 23.3. The summed E-state index contributed by atoms with van der Waals surface area (Å²) in [7, 11) is 0. The van der Waals surface area contributed by atoms with Crippen molar-refractivity contribution in [1.82, 2.24) is 4.57 Å². The van der Waals surface area contributed by atoms with Gasteiger partial charge in [0.25, 0.3) is 0 Å². The van der Waals surface area contributed by atoms with Crippen LogP contribution in [0.4, 0.5) is 17.1 Å². The maximum absolute atomic E-state index is 7.14. The fourth-order valence-corrected chi connectivity index (χ4v) is 9.60. The van der Waals surface area contributed by atoms with E-state index >= 15 is 0 Å². The molecule has 0 saturated carbocycles. The van der Waals surface area contributed by atoms with Crippen molar-refractivity contribution in [3.8, 4) is 44.8 Å². The van der Waals surface area contributed by atoms with Gasteiger partial charge in [-0.2, -0.15) is 0 Å². The summed E-state index contributed by atoms with van der Waals surface area (Å²) in [6.45, 7) is 13.0. The third-order valence-corrected chi connectivity index (χ3v) is 11.6. The van der Waals surface area contributed by atoms with Gasteiger partial charge in [-0.1, -0.05) is 96.1 Å². The van der Waals surface area contributed by atoms with Gasteiger partial charge < -0.3 is 14.1 Å². The number of anilines is 3. The first-order valence-electron chi connectivity index (χ1n) is 18.9. The highest BCUT2D eigenvalue weighted by Gasteiger charge is 2.44. The third-order valence-electron chi connectivity index (χ3n) is 11.6. The van der Waals surface area contributed by atoms with E-state index in [0.29, 0.717) is 0 Å². The molecular weight excluding hydrogens is 655 g/mol. The Morgan fingerprint density at radius 1 is 0.500 bits per heavy atom. The Morgan fingerprint density at radius 2 is 1.11 bits per heavy atom. The van der Waals surface area contributed by atoms with Crippen LogP contribution in [0.1, 0.15) is 33.4 Å². The Morgan fingerprint density at radius 3 is 1.80 bits per heavy atom. The molecular formula is C50H41BN2O. The van der Waals surface area contributed by atoms with Gasteiger partial charge in [0.2, 0.25) is 0 Å². The first kappa shape index (κ1) is 32.4. The van der Waals surface area contributed by atoms with E-state index in [9.17, 15) is 0 Å². The second-order valence-electron chi connectivity index (χ2n) is 15.3. The maximum Gasteiger partial charge on any atom is 0.431 e. The number of nitrogens with zero attached hydrogens (tertiary/aromatic N) is 2. The van der Waals surface area contributed by atoms with Crippen molar-refractivity contribution >= 4 is 45.8 Å². The topological polar surface area (TPSA) is 17.4 Å². The fraction of sp³-hybridized carbons (Fsp3) is 0.120. The van der Waals surface area contributed by atoms with Crippen LogP contribution in [0, 0.1) is 41.5 Å². The number of hydrogen-bond acceptors (Lipinski definition) is 2. The molecule has 0 fully saturated rings. The van der Waals surface area contributed by atoms with Gasteiger partial charge in [0.05, 0.1) is 5.52 Å². The minimum Gasteiger partial charge on any atom is -0.551 e. The average molecular weight is 697 g/mol. The van der Waals surface area contributed by atoms with Gasteiger partial charge in [0, 0.05) is 45.4 Å². The highest BCUT2D eigenvalue weighted by molar-refractivity contribution is 6.86. The van der Waals surface area contributed by atoms with E-state index in [-0.39, 0.29) is 6.92 Å². The largest absolute Gasteiger partial charge is 0.551 e. The number of benzene rings is 7. The lowest BCUT2D eigenvalue weighted by Crippen LogP contribution is -2.56. The van der Waals surface area contributed by atoms with Crippen molar-refractivity contribution in [3.63, 3.8) is 0 Å². The van der Waals surface area contributed by atoms with Gasteiger partial charge in [0.15, 0.2) is 0 Å². The van der Waals surface area contributed by atoms with E-state index in [4.69, 9.17) is 4.65 Å². The molecule has 0 amide bonds. The summed E-state index contributed by atoms with van der Waals surface area (Å²) in [6.07, 6.45) is 2.22. The SMILES string of the molecule is Cc1cc(C)c(-c2ccc(N3c4ccc(-c5c(C)cc(C)cc5C)cc4B4Oc5ccccc5-c5c4c3cc3c5ccn3-c3ccccc3)cc2)c(C)c1. The summed E-state index contributed by atoms with van der Waals surface area (Å²) < 4.78 is 9.46. The summed E-state index contributed by atoms with van der Waals surface area (Å²) in [6, 6.07) is 49.3. The second kappa shape index (κ2) is 12.1. The van der Waals surface area contributed by atoms with Crippen LogP contribution in [-0.2, 0) is 0 Å². The number of aromatic nitrogens is 1. The molecule has 8 aromatic rings. The average Bonchev–Trinajstić information content (AvgIpc) is 3.59. The maximum atomic E-state index is 7.14. The van der Waals surface area contributed by atoms with Crippen LogP contribution in [0.5, 0.6) is 5.75 Å². The summed E-state index contributed by atoms with van der Waals surface area (Å²) in [5, 5.41) is 1.23. The van der Waals surface area contributed by atoms with Crippen LogP contribution in [-0.4, -0.2) is 11.5 Å². The van der Waals surface area contributed by atoms with Crippen molar-refractivity contribution in [1.29, 1.82) is 0 Å². The van der Waals surface area contributed by atoms with Gasteiger partial charge in [-0.05, 0) is 146 Å². The monoisotopic (exact) mass is 696 g/mol. The lowest BCUT2D eigenvalue weighted by Gasteiger charge is -2.40. The molecule has 1 aromatic heterocycles. The predicted octanol–water partition coefficient (Wildman–Crippen LogP) is 11.8. The Balaban J connectivity index is 1.26. The molecule has 7 aromatic carbocycles. The first-order chi connectivity index (χ1) is 26.2. The molecule has 0 spiro atoms. The third kappa shape index (κ3) is 4.90. The fourth-order valence-electron chi connectivity index (χ4n) is 9.60. The zero-order chi connectivity index (χ0) is 36.8. The molecule has 2 aliphatic heterocycles. The minimum atomic E-state index is -0.274. The zero-order valence-corrected chi connectivity index (χ0v) is 31.7. The van der Waals surface area contributed by atoms with Gasteiger partial charge in [-0.3, -0.25) is 0 Å². The highest BCUT2D eigenvalue weighted by atomic mass is 16.4. The van der Waals surface area contributed by atoms with Crippen molar-refractivity contribution in [3.05, 3.63) is 173 Å². The zero-order valence-electron chi connectivity index (χ0n) is 31.7. The van der Waals surface area contributed by atoms with Crippen molar-refractivity contribution in [2.75, 3.05) is 4.90 Å². The molecule has 0 aliphatic carbocycles. The Labute approximate surface area is 318 Å². The normalized spacial score (nSPS) is 12.7. The number of rotatable bonds is 4. The van der Waals surface area contributed by atoms with E-state index in [1.807, 2.05) is 0 Å². The van der Waals surface area contributed by atoms with E-state index < -0.39 is 0 Å². The lowest BCUT2D eigenvalue weighted by molar-refractivity contribution is 0.590. The summed E-state index contributed by atoms with van der Waals surface area (Å²) in [5.74, 6) is 0.918. The lowest BCUT2D eigenvalue weighted by atomic mass is 9.49. The quantitative estimate of drug-likeness (QED) is 0.170. The number of fused-ring (bicyclic) bond motifs is 6. The molecule has 3 heterocycles. The molecule has 2 aliphatic rings. The van der Waals surface area contributed by atoms with Crippen molar-refractivity contribution in [2.24, 2.45) is 0 Å². The molecule has 0 unspecified atom stereocenters. The van der Waals surface area contributed by atoms with Crippen LogP contribution in [0.15, 0.2) is 140 Å². The number of hydrogen-bond donors (Lipinski definition) is 0. The van der Waals surface area contributed by atoms with Crippen LogP contribution < -0.4 is 20.5 Å². The summed E-state index contributed by atoms with van der Waals surface area (Å²) >= 11 is 0. The van der Waals surface area contributed by atoms with Gasteiger partial charge in [-0.25, -0.2) is 0 Å². The molecule has 4 heteroatoms. The molecule has 54 heavy (non-hydrogen) atoms. The van der Waals surface area contributed by atoms with Gasteiger partial charge in [-0.15, -0.1) is 0 Å². The molecule has 0 saturated heterocycles. The number of aryl methyl sites for hydroxylation is 6. The van der Waals surface area contributed by atoms with Gasteiger partial charge in [0.1, 0.15) is 5.75 Å². The van der Waals surface area contributed by atoms with E-state index in [1.54, 1.807) is 0 Å². The van der Waals surface area contributed by atoms with E-state index in [2.05, 4.69) is 191 Å². The van der Waals surface area contributed by atoms with E-state index in [0.717, 1.165) is 34.1 Å². The minimum absolute atomic E-state index is 0.274. The Kier molecular flexibility index (Phi) is 7.29. The Hall–Kier alpha value is -6.26. The van der Waals surface area contributed by atoms with Crippen LogP contribution in [0.2, 0.25) is 0 Å². The standard InChI is InChI=1S/C50H41BN2O/c1-30-24-32(3)47(33(4)25-30)36-16-19-39(20-17-36)53-43-21-18-37(48-34(5)26-31(2)27-35(48)6)28-42(43)51-50-45(53)29-44-40(22-23-52(44)38-12-8-7-9-13-38)49(50)41-14-10-11-15-46(41)54-51/h7-29H,1-6H3. The smallest absolute Gasteiger partial charge is 0.431 e. The van der Waals surface area contributed by atoms with E-state index in [1.165, 1.54) is 83.0 Å². The highest BCUT2D eigenvalue weighted by Crippen LogP contribution is 2.47. The molecule has 0 atom stereocenters. The molecule has 10 rings (SSSR count). The second-order valence-corrected chi connectivity index (χ2v) is 15.3. The Bertz CT molecular complexity index is 2770. The van der Waals surface area contributed by atoms with Crippen LogP contribution >= 0.6 is 0 Å². The molecule has 260 valence electrons. The molecule has 3 nitrogen and oxygen atoms in total. The van der Waals surface area contributed by atoms with Crippen LogP contribution in [0.25, 0.3) is 50.0 Å². The molecule has 0 bridgehead atoms.